The van der Waals surface area contributed by atoms with Gasteiger partial charge in [-0.05, 0) is 73.6 Å². The summed E-state index contributed by atoms with van der Waals surface area (Å²) in [6.45, 7) is 10.4. The minimum atomic E-state index is -0.570. The maximum absolute atomic E-state index is 10.7. The van der Waals surface area contributed by atoms with Gasteiger partial charge in [-0.15, -0.1) is 0 Å². The fraction of sp³-hybridized carbons (Fsp3) is 0.333. The Morgan fingerprint density at radius 3 is 1.80 bits per heavy atom. The molecule has 2 aromatic carbocycles. The van der Waals surface area contributed by atoms with E-state index in [4.69, 9.17) is 0 Å². The van der Waals surface area contributed by atoms with Crippen molar-refractivity contribution < 1.29 is 5.11 Å². The fourth-order valence-corrected chi connectivity index (χ4v) is 2.82. The van der Waals surface area contributed by atoms with Crippen molar-refractivity contribution in [2.24, 2.45) is 0 Å². The normalized spacial score (nSPS) is 12.6. The van der Waals surface area contributed by atoms with Crippen LogP contribution in [0, 0.1) is 34.6 Å². The van der Waals surface area contributed by atoms with Crippen LogP contribution < -0.4 is 0 Å². The van der Waals surface area contributed by atoms with E-state index in [1.807, 2.05) is 0 Å². The van der Waals surface area contributed by atoms with E-state index in [1.165, 1.54) is 11.1 Å². The number of halogens is 1. The van der Waals surface area contributed by atoms with E-state index in [9.17, 15) is 5.11 Å². The van der Waals surface area contributed by atoms with Crippen LogP contribution in [0.3, 0.4) is 0 Å². The van der Waals surface area contributed by atoms with Crippen LogP contribution >= 0.6 is 15.9 Å². The van der Waals surface area contributed by atoms with E-state index in [0.29, 0.717) is 0 Å². The number of aliphatic hydroxyl groups excluding tert-OH is 1. The summed E-state index contributed by atoms with van der Waals surface area (Å²) < 4.78 is 1.12. The Hall–Kier alpha value is -1.12. The molecule has 0 saturated carbocycles. The Labute approximate surface area is 129 Å². The maximum atomic E-state index is 10.7. The molecule has 1 N–H and O–H groups in total. The number of benzene rings is 2. The molecular weight excluding hydrogens is 312 g/mol. The van der Waals surface area contributed by atoms with Gasteiger partial charge < -0.3 is 5.11 Å². The molecule has 106 valence electrons. The molecule has 1 unspecified atom stereocenters. The summed E-state index contributed by atoms with van der Waals surface area (Å²) in [4.78, 5) is 0. The maximum Gasteiger partial charge on any atom is 0.104 e. The highest BCUT2D eigenvalue weighted by Crippen LogP contribution is 2.31. The van der Waals surface area contributed by atoms with Gasteiger partial charge in [0.2, 0.25) is 0 Å². The molecule has 2 rings (SSSR count). The third kappa shape index (κ3) is 2.82. The molecule has 0 bridgehead atoms. The van der Waals surface area contributed by atoms with Crippen molar-refractivity contribution in [2.45, 2.75) is 40.7 Å². The lowest BCUT2D eigenvalue weighted by atomic mass is 9.92. The first kappa shape index (κ1) is 15.3. The second-order valence-corrected chi connectivity index (χ2v) is 6.46. The Kier molecular flexibility index (Phi) is 4.36. The van der Waals surface area contributed by atoms with E-state index in [0.717, 1.165) is 32.3 Å². The molecule has 0 saturated heterocycles. The van der Waals surface area contributed by atoms with Gasteiger partial charge in [0.05, 0.1) is 0 Å². The number of rotatable bonds is 2. The summed E-state index contributed by atoms with van der Waals surface area (Å²) in [6, 6.07) is 8.35. The van der Waals surface area contributed by atoms with Gasteiger partial charge >= 0.3 is 0 Å². The van der Waals surface area contributed by atoms with Gasteiger partial charge in [-0.3, -0.25) is 0 Å². The molecule has 0 aromatic heterocycles. The number of hydrogen-bond donors (Lipinski definition) is 1. The van der Waals surface area contributed by atoms with Gasteiger partial charge in [-0.1, -0.05) is 40.2 Å². The van der Waals surface area contributed by atoms with Crippen LogP contribution in [0.15, 0.2) is 28.7 Å². The minimum absolute atomic E-state index is 0.570. The third-order valence-corrected chi connectivity index (χ3v) is 5.20. The Balaban J connectivity index is 2.51. The van der Waals surface area contributed by atoms with Crippen LogP contribution in [0.4, 0.5) is 0 Å². The predicted octanol–water partition coefficient (Wildman–Crippen LogP) is 5.07. The Bertz CT molecular complexity index is 636. The summed E-state index contributed by atoms with van der Waals surface area (Å²) in [5, 5.41) is 10.7. The predicted molar refractivity (Wildman–Crippen MR) is 88.3 cm³/mol. The molecule has 0 heterocycles. The average molecular weight is 333 g/mol. The largest absolute Gasteiger partial charge is 0.384 e. The monoisotopic (exact) mass is 332 g/mol. The van der Waals surface area contributed by atoms with Crippen LogP contribution in [0.2, 0.25) is 0 Å². The van der Waals surface area contributed by atoms with E-state index in [2.05, 4.69) is 74.8 Å². The second-order valence-electron chi connectivity index (χ2n) is 5.66. The molecular formula is C18H21BrO. The van der Waals surface area contributed by atoms with Crippen molar-refractivity contribution in [3.8, 4) is 0 Å². The summed E-state index contributed by atoms with van der Waals surface area (Å²) in [6.07, 6.45) is -0.570. The molecule has 0 radical (unpaired) electrons. The number of aryl methyl sites for hydroxylation is 5. The van der Waals surface area contributed by atoms with Gasteiger partial charge in [0.25, 0.3) is 0 Å². The van der Waals surface area contributed by atoms with Crippen molar-refractivity contribution >= 4 is 15.9 Å². The van der Waals surface area contributed by atoms with Crippen LogP contribution in [0.5, 0.6) is 0 Å². The van der Waals surface area contributed by atoms with E-state index < -0.39 is 6.10 Å². The van der Waals surface area contributed by atoms with Gasteiger partial charge in [-0.2, -0.15) is 0 Å². The molecule has 1 nitrogen and oxygen atoms in total. The van der Waals surface area contributed by atoms with Crippen LogP contribution in [0.25, 0.3) is 0 Å². The number of hydrogen-bond acceptors (Lipinski definition) is 1. The highest BCUT2D eigenvalue weighted by atomic mass is 79.9. The first-order valence-corrected chi connectivity index (χ1v) is 7.63. The van der Waals surface area contributed by atoms with Crippen molar-refractivity contribution in [1.29, 1.82) is 0 Å². The first-order chi connectivity index (χ1) is 9.31. The van der Waals surface area contributed by atoms with E-state index in [-0.39, 0.29) is 0 Å². The molecule has 1 atom stereocenters. The highest BCUT2D eigenvalue weighted by Gasteiger charge is 2.16. The lowest BCUT2D eigenvalue weighted by Crippen LogP contribution is -2.04. The number of aliphatic hydroxyl groups is 1. The van der Waals surface area contributed by atoms with Gasteiger partial charge in [0.15, 0.2) is 0 Å². The van der Waals surface area contributed by atoms with Crippen molar-refractivity contribution in [2.75, 3.05) is 0 Å². The van der Waals surface area contributed by atoms with Crippen LogP contribution in [-0.4, -0.2) is 5.11 Å². The summed E-state index contributed by atoms with van der Waals surface area (Å²) in [5.41, 5.74) is 7.88. The van der Waals surface area contributed by atoms with Crippen molar-refractivity contribution in [3.05, 3.63) is 67.7 Å². The zero-order chi connectivity index (χ0) is 15.0. The topological polar surface area (TPSA) is 20.2 Å². The Morgan fingerprint density at radius 1 is 0.750 bits per heavy atom. The average Bonchev–Trinajstić information content (AvgIpc) is 2.38. The summed E-state index contributed by atoms with van der Waals surface area (Å²) >= 11 is 3.57. The smallest absolute Gasteiger partial charge is 0.104 e. The molecule has 20 heavy (non-hydrogen) atoms. The highest BCUT2D eigenvalue weighted by molar-refractivity contribution is 9.10. The zero-order valence-electron chi connectivity index (χ0n) is 12.7. The summed E-state index contributed by atoms with van der Waals surface area (Å²) in [5.74, 6) is 0. The fourth-order valence-electron chi connectivity index (χ4n) is 2.59. The second kappa shape index (κ2) is 5.71. The standard InChI is InChI=1S/C18H21BrO/c1-10-6-12(3)16(9-11(10)2)18(20)15-7-13(4)17(19)14(5)8-15/h6-9,18,20H,1-5H3. The first-order valence-electron chi connectivity index (χ1n) is 6.83. The van der Waals surface area contributed by atoms with Crippen molar-refractivity contribution in [1.82, 2.24) is 0 Å². The minimum Gasteiger partial charge on any atom is -0.384 e. The molecule has 0 aliphatic carbocycles. The van der Waals surface area contributed by atoms with Crippen LogP contribution in [0.1, 0.15) is 45.0 Å². The quantitative estimate of drug-likeness (QED) is 0.813. The van der Waals surface area contributed by atoms with E-state index >= 15 is 0 Å². The van der Waals surface area contributed by atoms with Crippen molar-refractivity contribution in [3.63, 3.8) is 0 Å². The van der Waals surface area contributed by atoms with Crippen LogP contribution in [-0.2, 0) is 0 Å². The molecule has 0 spiro atoms. The molecule has 0 amide bonds. The molecule has 0 aliphatic rings. The summed E-state index contributed by atoms with van der Waals surface area (Å²) in [7, 11) is 0. The molecule has 2 aromatic rings. The van der Waals surface area contributed by atoms with Gasteiger partial charge in [-0.25, -0.2) is 0 Å². The molecule has 0 fully saturated rings. The van der Waals surface area contributed by atoms with Gasteiger partial charge in [0.1, 0.15) is 6.10 Å². The van der Waals surface area contributed by atoms with Gasteiger partial charge in [0, 0.05) is 4.47 Å². The Morgan fingerprint density at radius 2 is 1.25 bits per heavy atom. The SMILES string of the molecule is Cc1cc(C)c(C(O)c2cc(C)c(Br)c(C)c2)cc1C. The lowest BCUT2D eigenvalue weighted by Gasteiger charge is -2.18. The lowest BCUT2D eigenvalue weighted by molar-refractivity contribution is 0.219. The van der Waals surface area contributed by atoms with E-state index in [1.54, 1.807) is 0 Å². The molecule has 2 heteroatoms. The zero-order valence-corrected chi connectivity index (χ0v) is 14.3. The molecule has 0 aliphatic heterocycles. The third-order valence-electron chi connectivity index (χ3n) is 3.95.